The zero-order chi connectivity index (χ0) is 23.3. The minimum atomic E-state index is -1.83. The van der Waals surface area contributed by atoms with Crippen molar-refractivity contribution in [3.05, 3.63) is 92.4 Å². The molecule has 0 saturated carbocycles. The number of hydrogen-bond acceptors (Lipinski definition) is 3. The Morgan fingerprint density at radius 2 is 1.41 bits per heavy atom. The van der Waals surface area contributed by atoms with E-state index >= 15 is 0 Å². The lowest BCUT2D eigenvalue weighted by atomic mass is 9.83. The first-order chi connectivity index (χ1) is 15.1. The van der Waals surface area contributed by atoms with Gasteiger partial charge in [-0.1, -0.05) is 39.1 Å². The highest BCUT2D eigenvalue weighted by atomic mass is 79.9. The highest BCUT2D eigenvalue weighted by molar-refractivity contribution is 9.10. The number of carbonyl (C=O) groups excluding carboxylic acids is 1. The van der Waals surface area contributed by atoms with E-state index in [2.05, 4.69) is 22.0 Å². The molecule has 2 amide bonds. The molecule has 0 bridgehead atoms. The lowest BCUT2D eigenvalue weighted by Crippen LogP contribution is -2.56. The predicted molar refractivity (Wildman–Crippen MR) is 130 cm³/mol. The summed E-state index contributed by atoms with van der Waals surface area (Å²) in [5.74, 6) is 0. The van der Waals surface area contributed by atoms with E-state index in [0.717, 1.165) is 0 Å². The minimum Gasteiger partial charge on any atom is -0.365 e. The first-order valence-corrected chi connectivity index (χ1v) is 11.2. The molecule has 4 rings (SSSR count). The summed E-state index contributed by atoms with van der Waals surface area (Å²) in [7, 11) is 0. The largest absolute Gasteiger partial charge is 0.365 e. The Kier molecular flexibility index (Phi) is 5.72. The summed E-state index contributed by atoms with van der Waals surface area (Å²) in [6.07, 6.45) is 0. The van der Waals surface area contributed by atoms with E-state index in [0.29, 0.717) is 37.0 Å². The molecule has 1 unspecified atom stereocenters. The van der Waals surface area contributed by atoms with Crippen molar-refractivity contribution in [1.82, 2.24) is 0 Å². The van der Waals surface area contributed by atoms with E-state index in [9.17, 15) is 15.2 Å². The average molecular weight is 531 g/mol. The molecule has 0 spiro atoms. The Balaban J connectivity index is 2.00. The molecule has 162 valence electrons. The second kappa shape index (κ2) is 8.09. The van der Waals surface area contributed by atoms with Gasteiger partial charge in [-0.05, 0) is 80.6 Å². The van der Waals surface area contributed by atoms with Crippen LogP contribution in [-0.4, -0.2) is 16.7 Å². The van der Waals surface area contributed by atoms with Crippen molar-refractivity contribution in [2.75, 3.05) is 9.80 Å². The van der Waals surface area contributed by atoms with E-state index in [1.54, 1.807) is 80.6 Å². The number of halogens is 3. The Hall–Kier alpha value is -2.56. The molecule has 32 heavy (non-hydrogen) atoms. The summed E-state index contributed by atoms with van der Waals surface area (Å²) in [6, 6.07) is 20.1. The second-order valence-electron chi connectivity index (χ2n) is 7.98. The first kappa shape index (κ1) is 22.6. The molecule has 1 N–H and O–H groups in total. The second-order valence-corrected chi connectivity index (χ2v) is 9.77. The lowest BCUT2D eigenvalue weighted by Gasteiger charge is -2.42. The fraction of sp³-hybridized carbons (Fsp3) is 0.167. The summed E-state index contributed by atoms with van der Waals surface area (Å²) >= 11 is 15.5. The van der Waals surface area contributed by atoms with Gasteiger partial charge < -0.3 is 5.11 Å². The summed E-state index contributed by atoms with van der Waals surface area (Å²) in [6.45, 7) is 3.56. The SMILES string of the molecule is CC1(C)N(c2ccc(Cl)cc2)C(=O)N(c2ccc(Cl)cc2)C1(O)c1cc(Br)cc(C#N)c1. The van der Waals surface area contributed by atoms with Gasteiger partial charge in [-0.15, -0.1) is 0 Å². The van der Waals surface area contributed by atoms with Crippen LogP contribution in [0.5, 0.6) is 0 Å². The summed E-state index contributed by atoms with van der Waals surface area (Å²) in [5.41, 5.74) is -1.18. The molecule has 1 aliphatic rings. The quantitative estimate of drug-likeness (QED) is 0.409. The van der Waals surface area contributed by atoms with Crippen molar-refractivity contribution in [1.29, 1.82) is 5.26 Å². The molecule has 3 aromatic carbocycles. The van der Waals surface area contributed by atoms with E-state index in [1.165, 1.54) is 9.80 Å². The Morgan fingerprint density at radius 3 is 1.91 bits per heavy atom. The molecule has 1 atom stereocenters. The number of anilines is 2. The van der Waals surface area contributed by atoms with E-state index < -0.39 is 17.3 Å². The van der Waals surface area contributed by atoms with Crippen LogP contribution in [0.3, 0.4) is 0 Å². The van der Waals surface area contributed by atoms with Crippen molar-refractivity contribution in [3.63, 3.8) is 0 Å². The molecule has 3 aromatic rings. The third-order valence-electron chi connectivity index (χ3n) is 5.72. The number of nitriles is 1. The normalized spacial score (nSPS) is 19.8. The first-order valence-electron chi connectivity index (χ1n) is 9.68. The maximum absolute atomic E-state index is 13.9. The fourth-order valence-corrected chi connectivity index (χ4v) is 4.90. The monoisotopic (exact) mass is 529 g/mol. The van der Waals surface area contributed by atoms with Gasteiger partial charge in [-0.25, -0.2) is 4.79 Å². The van der Waals surface area contributed by atoms with Gasteiger partial charge >= 0.3 is 6.03 Å². The molecule has 1 saturated heterocycles. The number of urea groups is 1. The number of aliphatic hydroxyl groups is 1. The Bertz CT molecular complexity index is 1240. The lowest BCUT2D eigenvalue weighted by molar-refractivity contribution is -0.00254. The van der Waals surface area contributed by atoms with Gasteiger partial charge in [0.15, 0.2) is 5.72 Å². The molecular weight excluding hydrogens is 513 g/mol. The van der Waals surface area contributed by atoms with Gasteiger partial charge in [0.1, 0.15) is 0 Å². The van der Waals surface area contributed by atoms with Gasteiger partial charge in [-0.2, -0.15) is 5.26 Å². The fourth-order valence-electron chi connectivity index (χ4n) is 4.16. The third kappa shape index (κ3) is 3.46. The van der Waals surface area contributed by atoms with Crippen LogP contribution in [-0.2, 0) is 5.72 Å². The van der Waals surface area contributed by atoms with Crippen molar-refractivity contribution in [3.8, 4) is 6.07 Å². The zero-order valence-corrected chi connectivity index (χ0v) is 20.3. The predicted octanol–water partition coefficient (Wildman–Crippen LogP) is 6.70. The molecule has 0 radical (unpaired) electrons. The van der Waals surface area contributed by atoms with Crippen molar-refractivity contribution in [2.24, 2.45) is 0 Å². The van der Waals surface area contributed by atoms with E-state index in [4.69, 9.17) is 23.2 Å². The van der Waals surface area contributed by atoms with Gasteiger partial charge in [0.2, 0.25) is 0 Å². The summed E-state index contributed by atoms with van der Waals surface area (Å²) in [4.78, 5) is 16.7. The van der Waals surface area contributed by atoms with Crippen LogP contribution in [0.25, 0.3) is 0 Å². The van der Waals surface area contributed by atoms with Crippen LogP contribution in [0, 0.1) is 11.3 Å². The maximum Gasteiger partial charge on any atom is 0.332 e. The van der Waals surface area contributed by atoms with Crippen molar-refractivity contribution in [2.45, 2.75) is 25.1 Å². The van der Waals surface area contributed by atoms with Crippen LogP contribution in [0.15, 0.2) is 71.2 Å². The van der Waals surface area contributed by atoms with Crippen LogP contribution in [0.1, 0.15) is 25.0 Å². The topological polar surface area (TPSA) is 67.6 Å². The number of nitrogens with zero attached hydrogens (tertiary/aromatic N) is 3. The van der Waals surface area contributed by atoms with Gasteiger partial charge in [-0.3, -0.25) is 9.80 Å². The zero-order valence-electron chi connectivity index (χ0n) is 17.2. The molecule has 1 fully saturated rings. The smallest absolute Gasteiger partial charge is 0.332 e. The summed E-state index contributed by atoms with van der Waals surface area (Å²) < 4.78 is 0.615. The molecule has 8 heteroatoms. The number of benzene rings is 3. The van der Waals surface area contributed by atoms with Gasteiger partial charge in [0.25, 0.3) is 0 Å². The van der Waals surface area contributed by atoms with Crippen LogP contribution in [0.2, 0.25) is 10.0 Å². The van der Waals surface area contributed by atoms with Crippen LogP contribution in [0.4, 0.5) is 16.2 Å². The average Bonchev–Trinajstić information content (AvgIpc) is 2.91. The Labute approximate surface area is 204 Å². The number of carbonyl (C=O) groups is 1. The minimum absolute atomic E-state index is 0.354. The van der Waals surface area contributed by atoms with Crippen molar-refractivity contribution >= 4 is 56.5 Å². The molecular formula is C24H18BrCl2N3O2. The van der Waals surface area contributed by atoms with E-state index in [-0.39, 0.29) is 0 Å². The molecule has 5 nitrogen and oxygen atoms in total. The van der Waals surface area contributed by atoms with Gasteiger partial charge in [0, 0.05) is 31.5 Å². The van der Waals surface area contributed by atoms with Crippen LogP contribution >= 0.6 is 39.1 Å². The highest BCUT2D eigenvalue weighted by Gasteiger charge is 2.64. The third-order valence-corrected chi connectivity index (χ3v) is 6.68. The molecule has 0 aromatic heterocycles. The maximum atomic E-state index is 13.9. The van der Waals surface area contributed by atoms with E-state index in [1.807, 2.05) is 0 Å². The number of hydrogen-bond donors (Lipinski definition) is 1. The highest BCUT2D eigenvalue weighted by Crippen LogP contribution is 2.51. The standard InChI is InChI=1S/C24H18BrCl2N3O2/c1-23(2)24(32,16-11-15(14-28)12-17(25)13-16)30(21-9-5-19(27)6-10-21)22(31)29(23)20-7-3-18(26)4-8-20/h3-13,32H,1-2H3. The Morgan fingerprint density at radius 1 is 0.906 bits per heavy atom. The van der Waals surface area contributed by atoms with Gasteiger partial charge in [0.05, 0.1) is 17.2 Å². The summed E-state index contributed by atoms with van der Waals surface area (Å²) in [5, 5.41) is 22.9. The number of amides is 2. The molecule has 1 heterocycles. The van der Waals surface area contributed by atoms with Crippen LogP contribution < -0.4 is 9.80 Å². The molecule has 1 aliphatic heterocycles. The van der Waals surface area contributed by atoms with Crippen molar-refractivity contribution < 1.29 is 9.90 Å². The number of rotatable bonds is 3. The molecule has 0 aliphatic carbocycles.